The molecule has 1 aliphatic rings. The molecule has 1 aromatic heterocycles. The minimum atomic E-state index is -0.268. The number of hydrogen-bond donors (Lipinski definition) is 1. The maximum Gasteiger partial charge on any atom is 0.241 e. The predicted molar refractivity (Wildman–Crippen MR) is 74.3 cm³/mol. The summed E-state index contributed by atoms with van der Waals surface area (Å²) in [6, 6.07) is 5.57. The van der Waals surface area contributed by atoms with Gasteiger partial charge in [0.2, 0.25) is 5.91 Å². The van der Waals surface area contributed by atoms with Gasteiger partial charge >= 0.3 is 0 Å². The molecule has 104 valence electrons. The largest absolute Gasteiger partial charge is 0.343 e. The van der Waals surface area contributed by atoms with Crippen LogP contribution in [0.1, 0.15) is 19.5 Å². The second-order valence-corrected chi connectivity index (χ2v) is 5.71. The highest BCUT2D eigenvalue weighted by molar-refractivity contribution is 5.83. The van der Waals surface area contributed by atoms with E-state index in [-0.39, 0.29) is 17.5 Å². The smallest absolute Gasteiger partial charge is 0.241 e. The molecule has 0 saturated carbocycles. The summed E-state index contributed by atoms with van der Waals surface area (Å²) in [6.45, 7) is 5.97. The Labute approximate surface area is 114 Å². The third-order valence-corrected chi connectivity index (χ3v) is 3.72. The number of likely N-dealkylation sites (N-methyl/N-ethyl adjacent to an activating group) is 1. The van der Waals surface area contributed by atoms with Gasteiger partial charge in [-0.2, -0.15) is 0 Å². The van der Waals surface area contributed by atoms with Crippen molar-refractivity contribution in [1.82, 2.24) is 14.8 Å². The first kappa shape index (κ1) is 14.0. The van der Waals surface area contributed by atoms with Crippen LogP contribution in [0.25, 0.3) is 0 Å². The minimum absolute atomic E-state index is 0.0951. The maximum absolute atomic E-state index is 12.2. The van der Waals surface area contributed by atoms with Gasteiger partial charge in [-0.3, -0.25) is 14.7 Å². The van der Waals surface area contributed by atoms with E-state index < -0.39 is 0 Å². The molecule has 1 atom stereocenters. The average Bonchev–Trinajstić information content (AvgIpc) is 2.37. The number of aromatic nitrogens is 1. The molecule has 0 aliphatic carbocycles. The molecule has 5 heteroatoms. The summed E-state index contributed by atoms with van der Waals surface area (Å²) in [7, 11) is 1.84. The molecular formula is C14H22N4O. The van der Waals surface area contributed by atoms with Crippen LogP contribution in [-0.4, -0.2) is 52.4 Å². The molecule has 1 amide bonds. The van der Waals surface area contributed by atoms with E-state index in [9.17, 15) is 4.79 Å². The van der Waals surface area contributed by atoms with E-state index in [4.69, 9.17) is 5.73 Å². The molecular weight excluding hydrogens is 240 g/mol. The number of rotatable bonds is 3. The van der Waals surface area contributed by atoms with E-state index in [2.05, 4.69) is 23.7 Å². The summed E-state index contributed by atoms with van der Waals surface area (Å²) >= 11 is 0. The van der Waals surface area contributed by atoms with Gasteiger partial charge in [-0.25, -0.2) is 0 Å². The number of hydrogen-bond acceptors (Lipinski definition) is 4. The Balaban J connectivity index is 2.26. The van der Waals surface area contributed by atoms with Crippen molar-refractivity contribution in [1.29, 1.82) is 0 Å². The van der Waals surface area contributed by atoms with Crippen molar-refractivity contribution in [3.8, 4) is 0 Å². The van der Waals surface area contributed by atoms with Crippen molar-refractivity contribution < 1.29 is 4.79 Å². The molecule has 5 nitrogen and oxygen atoms in total. The summed E-state index contributed by atoms with van der Waals surface area (Å²) in [5, 5.41) is 0. The Morgan fingerprint density at radius 2 is 2.21 bits per heavy atom. The SMILES string of the molecule is CN1CC(C)(C)N(Cc2ccccn2)C(CN)C1=O. The van der Waals surface area contributed by atoms with Gasteiger partial charge in [-0.15, -0.1) is 0 Å². The lowest BCUT2D eigenvalue weighted by molar-refractivity contribution is -0.148. The maximum atomic E-state index is 12.2. The first-order valence-electron chi connectivity index (χ1n) is 6.57. The number of carbonyl (C=O) groups is 1. The quantitative estimate of drug-likeness (QED) is 0.859. The van der Waals surface area contributed by atoms with Crippen molar-refractivity contribution in [2.45, 2.75) is 32.0 Å². The summed E-state index contributed by atoms with van der Waals surface area (Å²) < 4.78 is 0. The van der Waals surface area contributed by atoms with E-state index in [1.165, 1.54) is 0 Å². The van der Waals surface area contributed by atoms with Gasteiger partial charge in [0, 0.05) is 38.4 Å². The van der Waals surface area contributed by atoms with Crippen molar-refractivity contribution in [2.24, 2.45) is 5.73 Å². The van der Waals surface area contributed by atoms with Crippen molar-refractivity contribution in [3.05, 3.63) is 30.1 Å². The summed E-state index contributed by atoms with van der Waals surface area (Å²) in [4.78, 5) is 20.5. The molecule has 2 rings (SSSR count). The highest BCUT2D eigenvalue weighted by Crippen LogP contribution is 2.26. The lowest BCUT2D eigenvalue weighted by Crippen LogP contribution is -2.67. The van der Waals surface area contributed by atoms with Crippen LogP contribution in [0, 0.1) is 0 Å². The lowest BCUT2D eigenvalue weighted by atomic mass is 9.94. The number of carbonyl (C=O) groups excluding carboxylic acids is 1. The standard InChI is InChI=1S/C14H22N4O/c1-14(2)10-17(3)13(19)12(8-15)18(14)9-11-6-4-5-7-16-11/h4-7,12H,8-10,15H2,1-3H3. The van der Waals surface area contributed by atoms with Gasteiger partial charge in [0.25, 0.3) is 0 Å². The van der Waals surface area contributed by atoms with Crippen LogP contribution in [0.5, 0.6) is 0 Å². The molecule has 1 saturated heterocycles. The second kappa shape index (κ2) is 5.27. The zero-order chi connectivity index (χ0) is 14.0. The van der Waals surface area contributed by atoms with Crippen LogP contribution < -0.4 is 5.73 Å². The third-order valence-electron chi connectivity index (χ3n) is 3.72. The van der Waals surface area contributed by atoms with E-state index in [1.54, 1.807) is 11.1 Å². The Hall–Kier alpha value is -1.46. The molecule has 1 aliphatic heterocycles. The van der Waals surface area contributed by atoms with Crippen LogP contribution in [-0.2, 0) is 11.3 Å². The van der Waals surface area contributed by atoms with Gasteiger partial charge in [-0.05, 0) is 26.0 Å². The van der Waals surface area contributed by atoms with Crippen LogP contribution in [0.4, 0.5) is 0 Å². The van der Waals surface area contributed by atoms with Crippen LogP contribution in [0.15, 0.2) is 24.4 Å². The molecule has 0 aromatic carbocycles. The van der Waals surface area contributed by atoms with Gasteiger partial charge in [0.05, 0.1) is 5.69 Å². The third kappa shape index (κ3) is 2.77. The monoisotopic (exact) mass is 262 g/mol. The first-order valence-corrected chi connectivity index (χ1v) is 6.57. The topological polar surface area (TPSA) is 62.5 Å². The number of nitrogens with zero attached hydrogens (tertiary/aromatic N) is 3. The fourth-order valence-corrected chi connectivity index (χ4v) is 2.78. The average molecular weight is 262 g/mol. The summed E-state index contributed by atoms with van der Waals surface area (Å²) in [5.74, 6) is 0.0951. The van der Waals surface area contributed by atoms with Gasteiger partial charge in [-0.1, -0.05) is 6.07 Å². The van der Waals surface area contributed by atoms with Crippen LogP contribution >= 0.6 is 0 Å². The zero-order valence-corrected chi connectivity index (χ0v) is 11.8. The Morgan fingerprint density at radius 3 is 2.79 bits per heavy atom. The Kier molecular flexibility index (Phi) is 3.87. The first-order chi connectivity index (χ1) is 8.95. The lowest BCUT2D eigenvalue weighted by Gasteiger charge is -2.49. The van der Waals surface area contributed by atoms with E-state index in [0.717, 1.165) is 5.69 Å². The normalized spacial score (nSPS) is 23.7. The molecule has 1 aromatic rings. The second-order valence-electron chi connectivity index (χ2n) is 5.71. The summed E-state index contributed by atoms with van der Waals surface area (Å²) in [6.07, 6.45) is 1.78. The van der Waals surface area contributed by atoms with Gasteiger partial charge in [0.15, 0.2) is 0 Å². The van der Waals surface area contributed by atoms with Crippen molar-refractivity contribution in [2.75, 3.05) is 20.1 Å². The van der Waals surface area contributed by atoms with Crippen LogP contribution in [0.2, 0.25) is 0 Å². The van der Waals surface area contributed by atoms with E-state index in [0.29, 0.717) is 19.6 Å². The molecule has 1 fully saturated rings. The molecule has 0 spiro atoms. The van der Waals surface area contributed by atoms with E-state index in [1.807, 2.05) is 25.2 Å². The van der Waals surface area contributed by atoms with Crippen molar-refractivity contribution >= 4 is 5.91 Å². The van der Waals surface area contributed by atoms with Gasteiger partial charge < -0.3 is 10.6 Å². The van der Waals surface area contributed by atoms with Crippen molar-refractivity contribution in [3.63, 3.8) is 0 Å². The Morgan fingerprint density at radius 1 is 1.47 bits per heavy atom. The molecule has 2 N–H and O–H groups in total. The van der Waals surface area contributed by atoms with E-state index >= 15 is 0 Å². The van der Waals surface area contributed by atoms with Gasteiger partial charge in [0.1, 0.15) is 6.04 Å². The fourth-order valence-electron chi connectivity index (χ4n) is 2.78. The predicted octanol–water partition coefficient (Wildman–Crippen LogP) is 0.461. The molecule has 19 heavy (non-hydrogen) atoms. The highest BCUT2D eigenvalue weighted by atomic mass is 16.2. The molecule has 0 bridgehead atoms. The number of nitrogens with two attached hydrogens (primary N) is 1. The molecule has 1 unspecified atom stereocenters. The molecule has 2 heterocycles. The zero-order valence-electron chi connectivity index (χ0n) is 11.8. The summed E-state index contributed by atoms with van der Waals surface area (Å²) in [5.41, 5.74) is 6.67. The fraction of sp³-hybridized carbons (Fsp3) is 0.571. The van der Waals surface area contributed by atoms with Crippen LogP contribution in [0.3, 0.4) is 0 Å². The Bertz CT molecular complexity index is 446. The number of piperazine rings is 1. The number of pyridine rings is 1. The molecule has 0 radical (unpaired) electrons. The highest BCUT2D eigenvalue weighted by Gasteiger charge is 2.43. The minimum Gasteiger partial charge on any atom is -0.343 e. The number of amides is 1.